The van der Waals surface area contributed by atoms with E-state index in [9.17, 15) is 27.2 Å². The first-order valence-corrected chi connectivity index (χ1v) is 14.7. The van der Waals surface area contributed by atoms with Crippen LogP contribution in [0.4, 0.5) is 23.2 Å². The summed E-state index contributed by atoms with van der Waals surface area (Å²) < 4.78 is 60.1. The number of methoxy groups -OCH3 is 1. The van der Waals surface area contributed by atoms with Gasteiger partial charge in [-0.05, 0) is 67.4 Å². The minimum Gasteiger partial charge on any atom is -0.493 e. The number of hydrogen-bond acceptors (Lipinski definition) is 7. The molecule has 46 heavy (non-hydrogen) atoms. The molecule has 3 aromatic carbocycles. The van der Waals surface area contributed by atoms with Crippen molar-refractivity contribution >= 4 is 17.9 Å². The van der Waals surface area contributed by atoms with Gasteiger partial charge in [0.25, 0.3) is 5.91 Å². The predicted molar refractivity (Wildman–Crippen MR) is 169 cm³/mol. The summed E-state index contributed by atoms with van der Waals surface area (Å²) in [6.45, 7) is 6.57. The molecule has 0 atom stereocenters. The molecule has 1 aliphatic heterocycles. The molecule has 0 bridgehead atoms. The van der Waals surface area contributed by atoms with Crippen LogP contribution >= 0.6 is 0 Å². The summed E-state index contributed by atoms with van der Waals surface area (Å²) in [5.74, 6) is -0.0610. The molecule has 8 nitrogen and oxygen atoms in total. The lowest BCUT2D eigenvalue weighted by atomic mass is 10.1. The lowest BCUT2D eigenvalue weighted by molar-refractivity contribution is -0.139. The normalized spacial score (nSPS) is 13.4. The molecule has 1 aliphatic rings. The van der Waals surface area contributed by atoms with Crippen molar-refractivity contribution in [3.63, 3.8) is 0 Å². The predicted octanol–water partition coefficient (Wildman–Crippen LogP) is 6.18. The standard InChI is InChI=1S/C26H33N3O4.C8H7F4N/c1-18(2)33-24-10-7-20(13-25(24)32-4)14-28-26(31)21-8-5-19(6-9-21)15-29-12-11-23(27-3)22(16-29)17-30;1-13-5-2-3-7(9)6(4-5)8(10,11)12/h5-10,13,17-18,27H,11-12,14-16H2,1-4H3,(H,28,31);2-4,13H,1H3. The summed E-state index contributed by atoms with van der Waals surface area (Å²) in [6, 6.07) is 16.0. The summed E-state index contributed by atoms with van der Waals surface area (Å²) >= 11 is 0. The highest BCUT2D eigenvalue weighted by Crippen LogP contribution is 2.33. The first kappa shape index (κ1) is 35.9. The minimum atomic E-state index is -4.64. The van der Waals surface area contributed by atoms with Gasteiger partial charge < -0.3 is 25.4 Å². The van der Waals surface area contributed by atoms with E-state index in [1.54, 1.807) is 7.11 Å². The molecule has 0 saturated heterocycles. The molecule has 0 unspecified atom stereocenters. The van der Waals surface area contributed by atoms with Crippen molar-refractivity contribution in [1.82, 2.24) is 15.5 Å². The molecule has 0 saturated carbocycles. The monoisotopic (exact) mass is 644 g/mol. The lowest BCUT2D eigenvalue weighted by Gasteiger charge is -2.28. The number of ether oxygens (including phenoxy) is 2. The summed E-state index contributed by atoms with van der Waals surface area (Å²) in [4.78, 5) is 26.2. The number of halogens is 4. The molecule has 0 aromatic heterocycles. The van der Waals surface area contributed by atoms with E-state index in [-0.39, 0.29) is 17.7 Å². The number of aldehydes is 1. The van der Waals surface area contributed by atoms with Gasteiger partial charge in [0.15, 0.2) is 11.5 Å². The number of rotatable bonds is 11. The number of hydrogen-bond donors (Lipinski definition) is 3. The largest absolute Gasteiger partial charge is 0.493 e. The quantitative estimate of drug-likeness (QED) is 0.170. The van der Waals surface area contributed by atoms with E-state index in [0.29, 0.717) is 30.2 Å². The fraction of sp³-hybridized carbons (Fsp3) is 0.353. The van der Waals surface area contributed by atoms with Crippen LogP contribution in [0.2, 0.25) is 0 Å². The Bertz CT molecular complexity index is 1510. The molecule has 0 radical (unpaired) electrons. The summed E-state index contributed by atoms with van der Waals surface area (Å²) in [7, 11) is 4.92. The van der Waals surface area contributed by atoms with Crippen molar-refractivity contribution in [2.75, 3.05) is 39.6 Å². The van der Waals surface area contributed by atoms with Crippen LogP contribution in [0.25, 0.3) is 0 Å². The van der Waals surface area contributed by atoms with E-state index < -0.39 is 17.6 Å². The van der Waals surface area contributed by atoms with Crippen LogP contribution < -0.4 is 25.4 Å². The topological polar surface area (TPSA) is 91.9 Å². The van der Waals surface area contributed by atoms with Crippen LogP contribution in [0.1, 0.15) is 47.3 Å². The van der Waals surface area contributed by atoms with Gasteiger partial charge in [0, 0.05) is 69.2 Å². The fourth-order valence-electron chi connectivity index (χ4n) is 4.75. The lowest BCUT2D eigenvalue weighted by Crippen LogP contribution is -2.34. The molecule has 1 amide bonds. The van der Waals surface area contributed by atoms with Crippen LogP contribution in [-0.4, -0.2) is 57.5 Å². The Morgan fingerprint density at radius 1 is 0.978 bits per heavy atom. The first-order chi connectivity index (χ1) is 21.9. The van der Waals surface area contributed by atoms with E-state index in [0.717, 1.165) is 60.3 Å². The number of carbonyl (C=O) groups is 2. The fourth-order valence-corrected chi connectivity index (χ4v) is 4.75. The molecule has 0 aliphatic carbocycles. The molecule has 1 heterocycles. The third-order valence-electron chi connectivity index (χ3n) is 7.13. The van der Waals surface area contributed by atoms with Gasteiger partial charge in [0.05, 0.1) is 18.8 Å². The zero-order valence-corrected chi connectivity index (χ0v) is 26.6. The van der Waals surface area contributed by atoms with Gasteiger partial charge in [-0.25, -0.2) is 4.39 Å². The average Bonchev–Trinajstić information content (AvgIpc) is 3.04. The highest BCUT2D eigenvalue weighted by atomic mass is 19.4. The number of nitrogens with one attached hydrogen (secondary N) is 3. The second kappa shape index (κ2) is 16.6. The van der Waals surface area contributed by atoms with Gasteiger partial charge in [0.2, 0.25) is 0 Å². The van der Waals surface area contributed by atoms with Crippen molar-refractivity contribution in [3.05, 3.63) is 100 Å². The number of amides is 1. The summed E-state index contributed by atoms with van der Waals surface area (Å²) in [6.07, 6.45) is -2.82. The number of nitrogens with zero attached hydrogens (tertiary/aromatic N) is 1. The van der Waals surface area contributed by atoms with Gasteiger partial charge in [-0.3, -0.25) is 14.5 Å². The Hall–Kier alpha value is -4.58. The van der Waals surface area contributed by atoms with Gasteiger partial charge >= 0.3 is 6.18 Å². The molecular formula is C34H40F4N4O4. The molecule has 3 aromatic rings. The second-order valence-electron chi connectivity index (χ2n) is 10.8. The van der Waals surface area contributed by atoms with E-state index in [1.807, 2.05) is 63.4 Å². The maximum absolute atomic E-state index is 12.7. The zero-order valence-electron chi connectivity index (χ0n) is 26.6. The van der Waals surface area contributed by atoms with Crippen LogP contribution in [-0.2, 0) is 24.1 Å². The SMILES string of the molecule is CNC1=C(C=O)CN(Cc2ccc(C(=O)NCc3ccc(OC(C)C)c(OC)c3)cc2)CC1.CNc1ccc(F)c(C(F)(F)F)c1. The number of alkyl halides is 3. The van der Waals surface area contributed by atoms with Crippen molar-refractivity contribution in [3.8, 4) is 11.5 Å². The van der Waals surface area contributed by atoms with Crippen LogP contribution in [0, 0.1) is 5.82 Å². The molecule has 248 valence electrons. The third-order valence-corrected chi connectivity index (χ3v) is 7.13. The average molecular weight is 645 g/mol. The molecule has 0 spiro atoms. The number of anilines is 1. The molecule has 3 N–H and O–H groups in total. The Morgan fingerprint density at radius 2 is 1.67 bits per heavy atom. The van der Waals surface area contributed by atoms with Crippen molar-refractivity contribution in [2.45, 2.75) is 45.6 Å². The highest BCUT2D eigenvalue weighted by Gasteiger charge is 2.34. The highest BCUT2D eigenvalue weighted by molar-refractivity contribution is 5.94. The third kappa shape index (κ3) is 10.2. The Balaban J connectivity index is 0.000000370. The van der Waals surface area contributed by atoms with E-state index in [2.05, 4.69) is 20.9 Å². The van der Waals surface area contributed by atoms with Gasteiger partial charge in [-0.1, -0.05) is 18.2 Å². The molecular weight excluding hydrogens is 604 g/mol. The van der Waals surface area contributed by atoms with Gasteiger partial charge in [-0.15, -0.1) is 0 Å². The summed E-state index contributed by atoms with van der Waals surface area (Å²) in [5.41, 5.74) is 3.45. The Morgan fingerprint density at radius 3 is 2.26 bits per heavy atom. The molecule has 12 heteroatoms. The number of carbonyl (C=O) groups excluding carboxylic acids is 2. The molecule has 0 fully saturated rings. The van der Waals surface area contributed by atoms with E-state index in [1.165, 1.54) is 13.1 Å². The smallest absolute Gasteiger partial charge is 0.419 e. The van der Waals surface area contributed by atoms with Crippen LogP contribution in [0.15, 0.2) is 71.9 Å². The van der Waals surface area contributed by atoms with E-state index >= 15 is 0 Å². The minimum absolute atomic E-state index is 0.0525. The van der Waals surface area contributed by atoms with Crippen LogP contribution in [0.3, 0.4) is 0 Å². The zero-order chi connectivity index (χ0) is 33.9. The van der Waals surface area contributed by atoms with Crippen molar-refractivity contribution < 1.29 is 36.6 Å². The second-order valence-corrected chi connectivity index (χ2v) is 10.8. The molecule has 4 rings (SSSR count). The Labute approximate surface area is 266 Å². The summed E-state index contributed by atoms with van der Waals surface area (Å²) in [5, 5.41) is 8.57. The number of benzene rings is 3. The van der Waals surface area contributed by atoms with Gasteiger partial charge in [-0.2, -0.15) is 13.2 Å². The van der Waals surface area contributed by atoms with E-state index in [4.69, 9.17) is 9.47 Å². The maximum atomic E-state index is 12.7. The van der Waals surface area contributed by atoms with Crippen molar-refractivity contribution in [2.24, 2.45) is 0 Å². The Kier molecular flexibility index (Phi) is 13.0. The van der Waals surface area contributed by atoms with Crippen LogP contribution in [0.5, 0.6) is 11.5 Å². The van der Waals surface area contributed by atoms with Gasteiger partial charge in [0.1, 0.15) is 12.1 Å². The maximum Gasteiger partial charge on any atom is 0.419 e. The first-order valence-electron chi connectivity index (χ1n) is 14.7. The van der Waals surface area contributed by atoms with Crippen molar-refractivity contribution in [1.29, 1.82) is 0 Å².